The Kier molecular flexibility index (Phi) is 4.50. The Labute approximate surface area is 180 Å². The number of aryl methyl sites for hydroxylation is 1. The first-order chi connectivity index (χ1) is 14.4. The Balaban J connectivity index is 1.68. The van der Waals surface area contributed by atoms with Gasteiger partial charge in [0.15, 0.2) is 6.04 Å². The van der Waals surface area contributed by atoms with E-state index in [2.05, 4.69) is 30.6 Å². The van der Waals surface area contributed by atoms with Gasteiger partial charge in [-0.15, -0.1) is 0 Å². The van der Waals surface area contributed by atoms with E-state index >= 15 is 0 Å². The van der Waals surface area contributed by atoms with Crippen LogP contribution in [0.15, 0.2) is 23.1 Å². The maximum Gasteiger partial charge on any atom is 0.337 e. The SMILES string of the molecule is CCOC(=O)C(c1ncn2c1CCC21CC1)n1cc2c(C(F)F)cc(Br)c(C)c2n1. The lowest BCUT2D eigenvalue weighted by atomic mass is 10.1. The molecule has 0 N–H and O–H groups in total. The van der Waals surface area contributed by atoms with Gasteiger partial charge in [0.1, 0.15) is 0 Å². The van der Waals surface area contributed by atoms with Crippen LogP contribution in [0.4, 0.5) is 8.78 Å². The fourth-order valence-electron chi connectivity index (χ4n) is 4.57. The summed E-state index contributed by atoms with van der Waals surface area (Å²) in [6.45, 7) is 3.76. The summed E-state index contributed by atoms with van der Waals surface area (Å²) in [6, 6.07) is 0.505. The number of aromatic nitrogens is 4. The van der Waals surface area contributed by atoms with E-state index in [1.807, 2.05) is 6.92 Å². The van der Waals surface area contributed by atoms with E-state index in [4.69, 9.17) is 4.74 Å². The lowest BCUT2D eigenvalue weighted by Gasteiger charge is -2.15. The molecule has 1 fully saturated rings. The normalized spacial score (nSPS) is 17.7. The molecule has 1 atom stereocenters. The van der Waals surface area contributed by atoms with E-state index in [0.717, 1.165) is 36.9 Å². The summed E-state index contributed by atoms with van der Waals surface area (Å²) in [5.41, 5.74) is 2.81. The van der Waals surface area contributed by atoms with Gasteiger partial charge in [-0.2, -0.15) is 5.10 Å². The van der Waals surface area contributed by atoms with Crippen molar-refractivity contribution in [2.24, 2.45) is 0 Å². The van der Waals surface area contributed by atoms with Crippen LogP contribution in [0.2, 0.25) is 0 Å². The van der Waals surface area contributed by atoms with Crippen LogP contribution in [-0.2, 0) is 21.5 Å². The number of benzene rings is 1. The minimum Gasteiger partial charge on any atom is -0.464 e. The number of imidazole rings is 1. The Hall–Kier alpha value is -2.29. The van der Waals surface area contributed by atoms with Crippen LogP contribution in [0.25, 0.3) is 10.9 Å². The molecule has 1 unspecified atom stereocenters. The Morgan fingerprint density at radius 2 is 2.13 bits per heavy atom. The zero-order valence-electron chi connectivity index (χ0n) is 16.7. The predicted octanol–water partition coefficient (Wildman–Crippen LogP) is 4.83. The number of carbonyl (C=O) groups excluding carboxylic acids is 1. The van der Waals surface area contributed by atoms with E-state index < -0.39 is 18.4 Å². The highest BCUT2D eigenvalue weighted by molar-refractivity contribution is 9.10. The maximum atomic E-state index is 13.7. The van der Waals surface area contributed by atoms with Gasteiger partial charge in [-0.3, -0.25) is 4.68 Å². The van der Waals surface area contributed by atoms with Crippen molar-refractivity contribution >= 4 is 32.8 Å². The van der Waals surface area contributed by atoms with E-state index in [1.165, 1.54) is 16.9 Å². The summed E-state index contributed by atoms with van der Waals surface area (Å²) >= 11 is 3.34. The van der Waals surface area contributed by atoms with Crippen molar-refractivity contribution in [3.8, 4) is 0 Å². The highest BCUT2D eigenvalue weighted by atomic mass is 79.9. The maximum absolute atomic E-state index is 13.7. The van der Waals surface area contributed by atoms with Gasteiger partial charge in [-0.25, -0.2) is 18.6 Å². The number of alkyl halides is 2. The molecule has 30 heavy (non-hydrogen) atoms. The summed E-state index contributed by atoms with van der Waals surface area (Å²) in [6.07, 6.45) is 4.77. The number of fused-ring (bicyclic) bond motifs is 3. The van der Waals surface area contributed by atoms with Gasteiger partial charge in [-0.05, 0) is 51.2 Å². The van der Waals surface area contributed by atoms with E-state index in [0.29, 0.717) is 21.1 Å². The largest absolute Gasteiger partial charge is 0.464 e. The van der Waals surface area contributed by atoms with Crippen molar-refractivity contribution in [3.05, 3.63) is 45.6 Å². The number of esters is 1. The van der Waals surface area contributed by atoms with Gasteiger partial charge in [-0.1, -0.05) is 15.9 Å². The fourth-order valence-corrected chi connectivity index (χ4v) is 5.01. The van der Waals surface area contributed by atoms with Crippen LogP contribution in [-0.4, -0.2) is 31.9 Å². The van der Waals surface area contributed by atoms with Crippen LogP contribution in [0, 0.1) is 6.92 Å². The summed E-state index contributed by atoms with van der Waals surface area (Å²) in [5.74, 6) is -0.487. The predicted molar refractivity (Wildman–Crippen MR) is 110 cm³/mol. The summed E-state index contributed by atoms with van der Waals surface area (Å²) in [7, 11) is 0. The molecule has 1 aliphatic heterocycles. The van der Waals surface area contributed by atoms with Crippen LogP contribution < -0.4 is 0 Å². The summed E-state index contributed by atoms with van der Waals surface area (Å²) < 4.78 is 36.9. The quantitative estimate of drug-likeness (QED) is 0.492. The van der Waals surface area contributed by atoms with Crippen molar-refractivity contribution in [2.75, 3.05) is 6.61 Å². The third kappa shape index (κ3) is 2.81. The van der Waals surface area contributed by atoms with Crippen molar-refractivity contribution in [1.29, 1.82) is 0 Å². The van der Waals surface area contributed by atoms with Gasteiger partial charge >= 0.3 is 5.97 Å². The molecule has 1 aliphatic carbocycles. The second-order valence-corrected chi connectivity index (χ2v) is 8.92. The zero-order chi connectivity index (χ0) is 21.2. The second-order valence-electron chi connectivity index (χ2n) is 8.07. The average Bonchev–Trinajstić information content (AvgIpc) is 3.02. The van der Waals surface area contributed by atoms with Crippen molar-refractivity contribution in [2.45, 2.75) is 57.5 Å². The average molecular weight is 479 g/mol. The number of ether oxygens (including phenoxy) is 1. The molecule has 0 amide bonds. The molecule has 6 nitrogen and oxygen atoms in total. The first kappa shape index (κ1) is 19.7. The number of halogens is 3. The topological polar surface area (TPSA) is 61.9 Å². The lowest BCUT2D eigenvalue weighted by molar-refractivity contribution is -0.146. The van der Waals surface area contributed by atoms with Crippen molar-refractivity contribution in [1.82, 2.24) is 19.3 Å². The molecule has 2 aromatic heterocycles. The molecule has 0 saturated heterocycles. The first-order valence-corrected chi connectivity index (χ1v) is 10.8. The molecule has 3 aromatic rings. The van der Waals surface area contributed by atoms with Crippen molar-refractivity contribution in [3.63, 3.8) is 0 Å². The molecule has 1 saturated carbocycles. The smallest absolute Gasteiger partial charge is 0.337 e. The highest BCUT2D eigenvalue weighted by Gasteiger charge is 2.50. The lowest BCUT2D eigenvalue weighted by Crippen LogP contribution is -2.25. The van der Waals surface area contributed by atoms with Crippen LogP contribution in [0.3, 0.4) is 0 Å². The number of hydrogen-bond acceptors (Lipinski definition) is 4. The van der Waals surface area contributed by atoms with E-state index in [9.17, 15) is 13.6 Å². The third-order valence-electron chi connectivity index (χ3n) is 6.37. The molecule has 1 spiro atoms. The standard InChI is InChI=1S/C21H21BrF2N4O2/c1-3-30-20(29)18(17-15-4-5-21(6-7-21)27(15)10-25-17)28-9-13-12(19(23)24)8-14(22)11(2)16(13)26-28/h8-10,18-19H,3-7H2,1-2H3. The molecule has 1 aromatic carbocycles. The molecule has 9 heteroatoms. The van der Waals surface area contributed by atoms with Gasteiger partial charge in [0.2, 0.25) is 0 Å². The second kappa shape index (κ2) is 6.87. The molecule has 5 rings (SSSR count). The number of nitrogens with zero attached hydrogens (tertiary/aromatic N) is 4. The summed E-state index contributed by atoms with van der Waals surface area (Å²) in [4.78, 5) is 17.5. The molecule has 158 valence electrons. The van der Waals surface area contributed by atoms with Gasteiger partial charge in [0.25, 0.3) is 6.43 Å². The third-order valence-corrected chi connectivity index (χ3v) is 7.19. The molecular formula is C21H21BrF2N4O2. The molecule has 2 aliphatic rings. The first-order valence-electron chi connectivity index (χ1n) is 10.1. The number of carbonyl (C=O) groups is 1. The Morgan fingerprint density at radius 1 is 1.37 bits per heavy atom. The van der Waals surface area contributed by atoms with Crippen LogP contribution in [0.5, 0.6) is 0 Å². The molecule has 0 radical (unpaired) electrons. The number of hydrogen-bond donors (Lipinski definition) is 0. The summed E-state index contributed by atoms with van der Waals surface area (Å²) in [5, 5.41) is 4.88. The molecule has 0 bridgehead atoms. The van der Waals surface area contributed by atoms with E-state index in [-0.39, 0.29) is 17.7 Å². The number of rotatable bonds is 5. The van der Waals surface area contributed by atoms with Crippen LogP contribution >= 0.6 is 15.9 Å². The van der Waals surface area contributed by atoms with Crippen LogP contribution in [0.1, 0.15) is 61.2 Å². The highest BCUT2D eigenvalue weighted by Crippen LogP contribution is 2.52. The van der Waals surface area contributed by atoms with Gasteiger partial charge in [0, 0.05) is 32.9 Å². The zero-order valence-corrected chi connectivity index (χ0v) is 18.2. The molecular weight excluding hydrogens is 458 g/mol. The van der Waals surface area contributed by atoms with Gasteiger partial charge < -0.3 is 9.30 Å². The molecule has 3 heterocycles. The minimum absolute atomic E-state index is 0.122. The minimum atomic E-state index is -2.66. The Bertz CT molecular complexity index is 1170. The Morgan fingerprint density at radius 3 is 2.80 bits per heavy atom. The van der Waals surface area contributed by atoms with Gasteiger partial charge in [0.05, 0.1) is 24.1 Å². The monoisotopic (exact) mass is 478 g/mol. The van der Waals surface area contributed by atoms with E-state index in [1.54, 1.807) is 13.3 Å². The van der Waals surface area contributed by atoms with Crippen molar-refractivity contribution < 1.29 is 18.3 Å². The fraction of sp³-hybridized carbons (Fsp3) is 0.476.